The second-order valence-electron chi connectivity index (χ2n) is 3.40. The van der Waals surface area contributed by atoms with Crippen molar-refractivity contribution in [2.75, 3.05) is 6.61 Å². The first-order valence-corrected chi connectivity index (χ1v) is 4.98. The Hall–Kier alpha value is -1.69. The van der Waals surface area contributed by atoms with E-state index in [0.717, 1.165) is 0 Å². The average Bonchev–Trinajstić information content (AvgIpc) is 2.28. The second-order valence-corrected chi connectivity index (χ2v) is 3.40. The predicted molar refractivity (Wildman–Crippen MR) is 56.7 cm³/mol. The molecule has 0 aliphatic heterocycles. The lowest BCUT2D eigenvalue weighted by Gasteiger charge is -2.14. The summed E-state index contributed by atoms with van der Waals surface area (Å²) >= 11 is 0. The van der Waals surface area contributed by atoms with Crippen LogP contribution in [0.4, 0.5) is 8.78 Å². The number of ether oxygens (including phenoxy) is 1. The first-order valence-electron chi connectivity index (χ1n) is 4.98. The van der Waals surface area contributed by atoms with E-state index in [1.807, 2.05) is 0 Å². The Bertz CT molecular complexity index is 385. The Kier molecular flexibility index (Phi) is 4.84. The quantitative estimate of drug-likeness (QED) is 0.825. The van der Waals surface area contributed by atoms with E-state index in [2.05, 4.69) is 10.1 Å². The number of alkyl halides is 2. The molecule has 0 spiro atoms. The van der Waals surface area contributed by atoms with Gasteiger partial charge in [0, 0.05) is 0 Å². The zero-order valence-electron chi connectivity index (χ0n) is 9.19. The Morgan fingerprint density at radius 1 is 1.53 bits per heavy atom. The molecule has 4 nitrogen and oxygen atoms in total. The van der Waals surface area contributed by atoms with Crippen LogP contribution in [-0.4, -0.2) is 24.2 Å². The maximum absolute atomic E-state index is 12.0. The third-order valence-corrected chi connectivity index (χ3v) is 2.10. The lowest BCUT2D eigenvalue weighted by molar-refractivity contribution is -0.124. The van der Waals surface area contributed by atoms with Gasteiger partial charge in [-0.3, -0.25) is 4.79 Å². The van der Waals surface area contributed by atoms with E-state index in [-0.39, 0.29) is 5.75 Å². The van der Waals surface area contributed by atoms with Gasteiger partial charge >= 0.3 is 6.61 Å². The molecule has 0 aliphatic carbocycles. The minimum absolute atomic E-state index is 0.0302. The fourth-order valence-corrected chi connectivity index (χ4v) is 1.33. The number of hydrogen-bond acceptors (Lipinski definition) is 3. The van der Waals surface area contributed by atoms with Gasteiger partial charge in [0.25, 0.3) is 0 Å². The molecular weight excluding hydrogens is 232 g/mol. The van der Waals surface area contributed by atoms with Crippen molar-refractivity contribution in [1.82, 2.24) is 5.32 Å². The monoisotopic (exact) mass is 245 g/mol. The van der Waals surface area contributed by atoms with Gasteiger partial charge in [-0.2, -0.15) is 8.78 Å². The van der Waals surface area contributed by atoms with Gasteiger partial charge in [0.1, 0.15) is 12.4 Å². The average molecular weight is 245 g/mol. The lowest BCUT2D eigenvalue weighted by atomic mass is 10.1. The van der Waals surface area contributed by atoms with Crippen LogP contribution in [0.25, 0.3) is 0 Å². The summed E-state index contributed by atoms with van der Waals surface area (Å²) in [7, 11) is 0. The first-order chi connectivity index (χ1) is 8.02. The van der Waals surface area contributed by atoms with E-state index in [1.165, 1.54) is 12.1 Å². The molecule has 0 saturated carbocycles. The molecule has 0 heterocycles. The molecule has 17 heavy (non-hydrogen) atoms. The SMILES string of the molecule is CC(NC(=O)CO)c1cccc(OC(F)F)c1. The summed E-state index contributed by atoms with van der Waals surface area (Å²) in [5.74, 6) is -0.500. The standard InChI is InChI=1S/C11H13F2NO3/c1-7(14-10(16)6-15)8-3-2-4-9(5-8)17-11(12)13/h2-5,7,11,15H,6H2,1H3,(H,14,16). The van der Waals surface area contributed by atoms with Crippen molar-refractivity contribution in [3.05, 3.63) is 29.8 Å². The highest BCUT2D eigenvalue weighted by Gasteiger charge is 2.10. The zero-order valence-corrected chi connectivity index (χ0v) is 9.19. The van der Waals surface area contributed by atoms with Crippen LogP contribution >= 0.6 is 0 Å². The predicted octanol–water partition coefficient (Wildman–Crippen LogP) is 1.46. The maximum Gasteiger partial charge on any atom is 0.387 e. The summed E-state index contributed by atoms with van der Waals surface area (Å²) in [6.45, 7) is -1.82. The molecule has 1 aromatic carbocycles. The number of aliphatic hydroxyl groups is 1. The van der Waals surface area contributed by atoms with Gasteiger partial charge in [0.2, 0.25) is 5.91 Å². The minimum atomic E-state index is -2.88. The van der Waals surface area contributed by atoms with Crippen molar-refractivity contribution in [2.24, 2.45) is 0 Å². The Balaban J connectivity index is 2.73. The molecule has 0 fully saturated rings. The molecule has 0 radical (unpaired) electrons. The molecule has 0 saturated heterocycles. The van der Waals surface area contributed by atoms with Crippen LogP contribution < -0.4 is 10.1 Å². The van der Waals surface area contributed by atoms with Crippen molar-refractivity contribution in [3.63, 3.8) is 0 Å². The molecule has 1 amide bonds. The van der Waals surface area contributed by atoms with Crippen LogP contribution in [0.15, 0.2) is 24.3 Å². The molecule has 6 heteroatoms. The summed E-state index contributed by atoms with van der Waals surface area (Å²) in [5.41, 5.74) is 0.616. The van der Waals surface area contributed by atoms with Crippen LogP contribution in [0.2, 0.25) is 0 Å². The van der Waals surface area contributed by atoms with E-state index in [1.54, 1.807) is 19.1 Å². The summed E-state index contributed by atoms with van der Waals surface area (Å²) in [4.78, 5) is 10.9. The molecule has 2 N–H and O–H groups in total. The third-order valence-electron chi connectivity index (χ3n) is 2.10. The smallest absolute Gasteiger partial charge is 0.387 e. The number of hydrogen-bond donors (Lipinski definition) is 2. The highest BCUT2D eigenvalue weighted by Crippen LogP contribution is 2.20. The molecule has 1 aromatic rings. The van der Waals surface area contributed by atoms with E-state index in [0.29, 0.717) is 5.56 Å². The molecule has 0 bridgehead atoms. The maximum atomic E-state index is 12.0. The van der Waals surface area contributed by atoms with E-state index in [4.69, 9.17) is 5.11 Å². The Morgan fingerprint density at radius 3 is 2.82 bits per heavy atom. The Labute approximate surface area is 97.2 Å². The summed E-state index contributed by atoms with van der Waals surface area (Å²) in [6.07, 6.45) is 0. The minimum Gasteiger partial charge on any atom is -0.435 e. The fourth-order valence-electron chi connectivity index (χ4n) is 1.33. The molecule has 1 atom stereocenters. The largest absolute Gasteiger partial charge is 0.435 e. The number of aliphatic hydroxyl groups excluding tert-OH is 1. The van der Waals surface area contributed by atoms with Gasteiger partial charge in [-0.1, -0.05) is 12.1 Å². The molecular formula is C11H13F2NO3. The van der Waals surface area contributed by atoms with Crippen molar-refractivity contribution in [1.29, 1.82) is 0 Å². The van der Waals surface area contributed by atoms with Crippen molar-refractivity contribution >= 4 is 5.91 Å². The third kappa shape index (κ3) is 4.36. The van der Waals surface area contributed by atoms with Crippen molar-refractivity contribution < 1.29 is 23.4 Å². The van der Waals surface area contributed by atoms with Crippen molar-refractivity contribution in [3.8, 4) is 5.75 Å². The Morgan fingerprint density at radius 2 is 2.24 bits per heavy atom. The van der Waals surface area contributed by atoms with Crippen LogP contribution in [0, 0.1) is 0 Å². The normalized spacial score (nSPS) is 12.3. The van der Waals surface area contributed by atoms with Gasteiger partial charge in [-0.25, -0.2) is 0 Å². The highest BCUT2D eigenvalue weighted by atomic mass is 19.3. The number of rotatable bonds is 5. The molecule has 94 valence electrons. The van der Waals surface area contributed by atoms with Crippen molar-refractivity contribution in [2.45, 2.75) is 19.6 Å². The number of halogens is 2. The molecule has 0 aliphatic rings. The van der Waals surface area contributed by atoms with Crippen LogP contribution in [0.1, 0.15) is 18.5 Å². The van der Waals surface area contributed by atoms with E-state index >= 15 is 0 Å². The van der Waals surface area contributed by atoms with Gasteiger partial charge in [-0.15, -0.1) is 0 Å². The molecule has 0 aromatic heterocycles. The number of nitrogens with one attached hydrogen (secondary N) is 1. The topological polar surface area (TPSA) is 58.6 Å². The molecule has 1 rings (SSSR count). The summed E-state index contributed by atoms with van der Waals surface area (Å²) in [6, 6.07) is 5.64. The lowest BCUT2D eigenvalue weighted by Crippen LogP contribution is -2.29. The fraction of sp³-hybridized carbons (Fsp3) is 0.364. The van der Waals surface area contributed by atoms with Crippen LogP contribution in [0.5, 0.6) is 5.75 Å². The number of carbonyl (C=O) groups excluding carboxylic acids is 1. The van der Waals surface area contributed by atoms with Gasteiger partial charge in [0.15, 0.2) is 0 Å². The number of amides is 1. The highest BCUT2D eigenvalue weighted by molar-refractivity contribution is 5.77. The van der Waals surface area contributed by atoms with Gasteiger partial charge in [0.05, 0.1) is 6.04 Å². The van der Waals surface area contributed by atoms with Gasteiger partial charge in [-0.05, 0) is 24.6 Å². The van der Waals surface area contributed by atoms with E-state index < -0.39 is 25.2 Å². The number of carbonyl (C=O) groups is 1. The van der Waals surface area contributed by atoms with Crippen LogP contribution in [-0.2, 0) is 4.79 Å². The summed E-state index contributed by atoms with van der Waals surface area (Å²) < 4.78 is 28.2. The number of benzene rings is 1. The second kappa shape index (κ2) is 6.15. The van der Waals surface area contributed by atoms with E-state index in [9.17, 15) is 13.6 Å². The summed E-state index contributed by atoms with van der Waals surface area (Å²) in [5, 5.41) is 11.1. The van der Waals surface area contributed by atoms with Gasteiger partial charge < -0.3 is 15.2 Å². The molecule has 1 unspecified atom stereocenters. The zero-order chi connectivity index (χ0) is 12.8. The first kappa shape index (κ1) is 13.4. The van der Waals surface area contributed by atoms with Crippen LogP contribution in [0.3, 0.4) is 0 Å².